The van der Waals surface area contributed by atoms with Crippen LogP contribution in [0.5, 0.6) is 5.75 Å². The summed E-state index contributed by atoms with van der Waals surface area (Å²) in [6.45, 7) is 14.2. The summed E-state index contributed by atoms with van der Waals surface area (Å²) in [5, 5.41) is 18.6. The molecule has 5 amide bonds. The van der Waals surface area contributed by atoms with Gasteiger partial charge < -0.3 is 40.3 Å². The smallest absolute Gasteiger partial charge is 0.319 e. The van der Waals surface area contributed by atoms with Gasteiger partial charge in [0.2, 0.25) is 0 Å². The van der Waals surface area contributed by atoms with Gasteiger partial charge in [-0.25, -0.2) is 9.59 Å². The number of nitrogens with zero attached hydrogens (tertiary/aromatic N) is 2. The van der Waals surface area contributed by atoms with Gasteiger partial charge in [-0.05, 0) is 79.0 Å². The number of likely N-dealkylation sites (N-methyl/N-ethyl adjacent to an activating group) is 1. The molecule has 0 aliphatic carbocycles. The summed E-state index contributed by atoms with van der Waals surface area (Å²) in [5.74, 6) is -0.0584. The number of carbonyl (C=O) groups excluding carboxylic acids is 3. The van der Waals surface area contributed by atoms with Crippen molar-refractivity contribution in [2.24, 2.45) is 5.92 Å². The highest BCUT2D eigenvalue weighted by atomic mass is 16.5. The first-order valence-corrected chi connectivity index (χ1v) is 14.8. The number of hydrogen-bond acceptors (Lipinski definition) is 6. The molecular weight excluding hydrogens is 526 g/mol. The first kappa shape index (κ1) is 34.2. The number of anilines is 1. The van der Waals surface area contributed by atoms with Crippen molar-refractivity contribution in [1.82, 2.24) is 20.4 Å². The van der Waals surface area contributed by atoms with Crippen molar-refractivity contribution in [3.8, 4) is 5.75 Å². The van der Waals surface area contributed by atoms with E-state index in [1.54, 1.807) is 42.0 Å². The van der Waals surface area contributed by atoms with Crippen LogP contribution in [0.15, 0.2) is 18.2 Å². The third-order valence-corrected chi connectivity index (χ3v) is 6.94. The molecule has 0 radical (unpaired) electrons. The standard InChI is InChI=1S/C30H51N5O6/c1-19(2)31-29(38)33-24-12-13-26-25(15-24)28(37)35(22(6)18-36)16-21(5)27(17-34(8)30(39)32-20(3)4)40-14-10-9-11-23(7)41-26/h12-13,15,19-23,27,36H,9-11,14,16-18H2,1-8H3,(H,32,39)(H2,31,33,38)/t21-,22-,23+,27-/m0/s1. The number of ether oxygens (including phenoxy) is 2. The van der Waals surface area contributed by atoms with Crippen molar-refractivity contribution in [1.29, 1.82) is 0 Å². The maximum atomic E-state index is 14.1. The van der Waals surface area contributed by atoms with Crippen LogP contribution < -0.4 is 20.7 Å². The number of amides is 5. The van der Waals surface area contributed by atoms with Gasteiger partial charge in [-0.15, -0.1) is 0 Å². The predicted octanol–water partition coefficient (Wildman–Crippen LogP) is 4.06. The highest BCUT2D eigenvalue weighted by Crippen LogP contribution is 2.28. The van der Waals surface area contributed by atoms with E-state index in [4.69, 9.17) is 9.47 Å². The van der Waals surface area contributed by atoms with Gasteiger partial charge in [-0.2, -0.15) is 0 Å². The average Bonchev–Trinajstić information content (AvgIpc) is 2.89. The molecule has 1 heterocycles. The van der Waals surface area contributed by atoms with Crippen molar-refractivity contribution in [3.63, 3.8) is 0 Å². The van der Waals surface area contributed by atoms with Crippen LogP contribution in [-0.2, 0) is 4.74 Å². The van der Waals surface area contributed by atoms with Crippen molar-refractivity contribution in [2.75, 3.05) is 38.7 Å². The molecule has 11 heteroatoms. The number of hydrogen-bond donors (Lipinski definition) is 4. The molecule has 232 valence electrons. The first-order chi connectivity index (χ1) is 19.3. The summed E-state index contributed by atoms with van der Waals surface area (Å²) in [6, 6.07) is 3.95. The lowest BCUT2D eigenvalue weighted by Crippen LogP contribution is -2.49. The average molecular weight is 578 g/mol. The monoisotopic (exact) mass is 577 g/mol. The molecule has 11 nitrogen and oxygen atoms in total. The lowest BCUT2D eigenvalue weighted by atomic mass is 10.0. The summed E-state index contributed by atoms with van der Waals surface area (Å²) in [6.07, 6.45) is 1.98. The second-order valence-electron chi connectivity index (χ2n) is 11.7. The Bertz CT molecular complexity index is 1000. The zero-order valence-corrected chi connectivity index (χ0v) is 26.0. The van der Waals surface area contributed by atoms with E-state index in [1.807, 2.05) is 41.5 Å². The normalized spacial score (nSPS) is 21.4. The highest BCUT2D eigenvalue weighted by molar-refractivity contribution is 5.99. The molecule has 1 aliphatic heterocycles. The van der Waals surface area contributed by atoms with E-state index in [9.17, 15) is 19.5 Å². The fraction of sp³-hybridized carbons (Fsp3) is 0.700. The first-order valence-electron chi connectivity index (χ1n) is 14.8. The Morgan fingerprint density at radius 2 is 1.78 bits per heavy atom. The third kappa shape index (κ3) is 11.0. The highest BCUT2D eigenvalue weighted by Gasteiger charge is 2.31. The van der Waals surface area contributed by atoms with Crippen LogP contribution in [0.4, 0.5) is 15.3 Å². The minimum atomic E-state index is -0.494. The molecule has 1 aliphatic rings. The van der Waals surface area contributed by atoms with Crippen molar-refractivity contribution in [2.45, 2.75) is 98.1 Å². The van der Waals surface area contributed by atoms with Crippen LogP contribution in [-0.4, -0.2) is 96.6 Å². The number of urea groups is 2. The Balaban J connectivity index is 2.44. The Hall–Kier alpha value is -3.05. The van der Waals surface area contributed by atoms with Crippen molar-refractivity contribution in [3.05, 3.63) is 23.8 Å². The molecule has 2 rings (SSSR count). The minimum Gasteiger partial charge on any atom is -0.490 e. The van der Waals surface area contributed by atoms with Crippen LogP contribution in [0.3, 0.4) is 0 Å². The maximum absolute atomic E-state index is 14.1. The molecule has 41 heavy (non-hydrogen) atoms. The van der Waals surface area contributed by atoms with Gasteiger partial charge in [0.1, 0.15) is 5.75 Å². The summed E-state index contributed by atoms with van der Waals surface area (Å²) in [7, 11) is 1.73. The molecule has 0 saturated heterocycles. The van der Waals surface area contributed by atoms with Gasteiger partial charge >= 0.3 is 12.1 Å². The Morgan fingerprint density at radius 1 is 1.10 bits per heavy atom. The molecule has 0 fully saturated rings. The molecule has 1 aromatic carbocycles. The zero-order valence-electron chi connectivity index (χ0n) is 26.0. The Labute approximate surface area is 245 Å². The molecule has 1 aromatic rings. The molecule has 0 spiro atoms. The number of benzene rings is 1. The number of nitrogens with one attached hydrogen (secondary N) is 3. The van der Waals surface area contributed by atoms with Gasteiger partial charge in [0, 0.05) is 50.4 Å². The van der Waals surface area contributed by atoms with E-state index in [0.29, 0.717) is 30.2 Å². The Kier molecular flexibility index (Phi) is 13.7. The van der Waals surface area contributed by atoms with E-state index >= 15 is 0 Å². The molecule has 4 N–H and O–H groups in total. The van der Waals surface area contributed by atoms with E-state index < -0.39 is 6.04 Å². The van der Waals surface area contributed by atoms with E-state index in [-0.39, 0.29) is 61.3 Å². The van der Waals surface area contributed by atoms with E-state index in [1.165, 1.54) is 0 Å². The van der Waals surface area contributed by atoms with Crippen molar-refractivity contribution >= 4 is 23.7 Å². The molecule has 0 bridgehead atoms. The fourth-order valence-corrected chi connectivity index (χ4v) is 4.60. The predicted molar refractivity (Wildman–Crippen MR) is 160 cm³/mol. The molecular formula is C30H51N5O6. The van der Waals surface area contributed by atoms with Crippen LogP contribution >= 0.6 is 0 Å². The van der Waals surface area contributed by atoms with Crippen LogP contribution in [0, 0.1) is 5.92 Å². The second-order valence-corrected chi connectivity index (χ2v) is 11.7. The largest absolute Gasteiger partial charge is 0.490 e. The second kappa shape index (κ2) is 16.4. The lowest BCUT2D eigenvalue weighted by molar-refractivity contribution is -0.0122. The third-order valence-electron chi connectivity index (χ3n) is 6.94. The quantitative estimate of drug-likeness (QED) is 0.386. The summed E-state index contributed by atoms with van der Waals surface area (Å²) in [5.41, 5.74) is 0.755. The van der Waals surface area contributed by atoms with Crippen LogP contribution in [0.2, 0.25) is 0 Å². The number of fused-ring (bicyclic) bond motifs is 1. The topological polar surface area (TPSA) is 132 Å². The van der Waals surface area contributed by atoms with Gasteiger partial charge in [-0.3, -0.25) is 4.79 Å². The SMILES string of the molecule is CC(C)NC(=O)Nc1ccc2c(c1)C(=O)N([C@@H](C)CO)C[C@H](C)[C@H](CN(C)C(=O)NC(C)C)OCCCC[C@@H](C)O2. The zero-order chi connectivity index (χ0) is 30.7. The molecule has 4 atom stereocenters. The van der Waals surface area contributed by atoms with Gasteiger partial charge in [0.15, 0.2) is 0 Å². The lowest BCUT2D eigenvalue weighted by Gasteiger charge is -2.36. The summed E-state index contributed by atoms with van der Waals surface area (Å²) in [4.78, 5) is 42.3. The molecule has 0 aromatic heterocycles. The number of aliphatic hydroxyl groups excluding tert-OH is 1. The van der Waals surface area contributed by atoms with E-state index in [2.05, 4.69) is 16.0 Å². The van der Waals surface area contributed by atoms with Gasteiger partial charge in [0.05, 0.1) is 30.4 Å². The summed E-state index contributed by atoms with van der Waals surface area (Å²) >= 11 is 0. The van der Waals surface area contributed by atoms with Crippen LogP contribution in [0.1, 0.15) is 78.1 Å². The van der Waals surface area contributed by atoms with Crippen molar-refractivity contribution < 1.29 is 29.0 Å². The van der Waals surface area contributed by atoms with Gasteiger partial charge in [-0.1, -0.05) is 6.92 Å². The number of rotatable bonds is 7. The number of carbonyl (C=O) groups is 3. The molecule has 0 saturated carbocycles. The fourth-order valence-electron chi connectivity index (χ4n) is 4.60. The Morgan fingerprint density at radius 3 is 2.41 bits per heavy atom. The van der Waals surface area contributed by atoms with Gasteiger partial charge in [0.25, 0.3) is 5.91 Å². The van der Waals surface area contributed by atoms with Crippen LogP contribution in [0.25, 0.3) is 0 Å². The van der Waals surface area contributed by atoms with E-state index in [0.717, 1.165) is 19.3 Å². The summed E-state index contributed by atoms with van der Waals surface area (Å²) < 4.78 is 12.5. The minimum absolute atomic E-state index is 0.00547. The maximum Gasteiger partial charge on any atom is 0.319 e. The molecule has 0 unspecified atom stereocenters. The number of aliphatic hydroxyl groups is 1.